The third-order valence-corrected chi connectivity index (χ3v) is 4.23. The minimum Gasteiger partial charge on any atom is -0.396 e. The third-order valence-electron chi connectivity index (χ3n) is 2.46. The van der Waals surface area contributed by atoms with Crippen LogP contribution in [0, 0.1) is 0 Å². The monoisotopic (exact) mass is 244 g/mol. The number of amides is 1. The number of aromatic nitrogens is 2. The predicted octanol–water partition coefficient (Wildman–Crippen LogP) is -1.09. The van der Waals surface area contributed by atoms with Crippen molar-refractivity contribution in [1.82, 2.24) is 15.5 Å². The Morgan fingerprint density at radius 1 is 1.62 bits per heavy atom. The van der Waals surface area contributed by atoms with Gasteiger partial charge < -0.3 is 11.1 Å². The molecular weight excluding hydrogens is 232 g/mol. The third kappa shape index (κ3) is 2.16. The van der Waals surface area contributed by atoms with Gasteiger partial charge in [-0.15, -0.1) is 0 Å². The van der Waals surface area contributed by atoms with Crippen LogP contribution in [0.15, 0.2) is 6.20 Å². The summed E-state index contributed by atoms with van der Waals surface area (Å²) in [6.07, 6.45) is 1.78. The van der Waals surface area contributed by atoms with Crippen molar-refractivity contribution in [3.8, 4) is 0 Å². The van der Waals surface area contributed by atoms with Crippen LogP contribution in [-0.2, 0) is 9.84 Å². The number of nitrogens with two attached hydrogens (primary N) is 1. The first kappa shape index (κ1) is 10.9. The molecule has 8 heteroatoms. The largest absolute Gasteiger partial charge is 0.396 e. The summed E-state index contributed by atoms with van der Waals surface area (Å²) in [6.45, 7) is 0. The van der Waals surface area contributed by atoms with Gasteiger partial charge in [-0.25, -0.2) is 8.42 Å². The molecule has 0 radical (unpaired) electrons. The highest BCUT2D eigenvalue weighted by Gasteiger charge is 2.29. The number of aromatic amines is 1. The van der Waals surface area contributed by atoms with Crippen LogP contribution < -0.4 is 11.1 Å². The molecule has 7 nitrogen and oxygen atoms in total. The zero-order chi connectivity index (χ0) is 11.8. The molecule has 2 heterocycles. The standard InChI is InChI=1S/C8H12N4O3S/c9-6-3-10-12-7(6)8(13)11-5-1-2-16(14,15)4-5/h3,5H,1-2,4,9H2,(H,10,12)(H,11,13). The van der Waals surface area contributed by atoms with Gasteiger partial charge in [0.25, 0.3) is 5.91 Å². The molecule has 16 heavy (non-hydrogen) atoms. The number of H-pyrrole nitrogens is 1. The van der Waals surface area contributed by atoms with E-state index in [1.165, 1.54) is 6.20 Å². The Bertz CT molecular complexity index is 507. The van der Waals surface area contributed by atoms with Gasteiger partial charge in [0.1, 0.15) is 5.69 Å². The van der Waals surface area contributed by atoms with Gasteiger partial charge in [0.15, 0.2) is 9.84 Å². The maximum Gasteiger partial charge on any atom is 0.271 e. The number of nitrogens with zero attached hydrogens (tertiary/aromatic N) is 1. The van der Waals surface area contributed by atoms with E-state index in [1.807, 2.05) is 0 Å². The van der Waals surface area contributed by atoms with Crippen LogP contribution >= 0.6 is 0 Å². The molecule has 1 aliphatic rings. The molecule has 1 fully saturated rings. The second-order valence-electron chi connectivity index (χ2n) is 3.77. The number of hydrogen-bond donors (Lipinski definition) is 3. The molecule has 0 spiro atoms. The Labute approximate surface area is 92.3 Å². The molecule has 1 aromatic rings. The molecule has 1 unspecified atom stereocenters. The highest BCUT2D eigenvalue weighted by molar-refractivity contribution is 7.91. The summed E-state index contributed by atoms with van der Waals surface area (Å²) in [5.41, 5.74) is 5.92. The Kier molecular flexibility index (Phi) is 2.58. The number of carbonyl (C=O) groups is 1. The molecule has 0 aliphatic carbocycles. The average molecular weight is 244 g/mol. The van der Waals surface area contributed by atoms with Gasteiger partial charge in [-0.3, -0.25) is 9.89 Å². The van der Waals surface area contributed by atoms with E-state index in [0.717, 1.165) is 0 Å². The minimum absolute atomic E-state index is 0.00716. The second-order valence-corrected chi connectivity index (χ2v) is 6.00. The van der Waals surface area contributed by atoms with Crippen LogP contribution in [0.5, 0.6) is 0 Å². The lowest BCUT2D eigenvalue weighted by molar-refractivity contribution is 0.0937. The van der Waals surface area contributed by atoms with E-state index in [-0.39, 0.29) is 28.9 Å². The van der Waals surface area contributed by atoms with E-state index in [1.54, 1.807) is 0 Å². The van der Waals surface area contributed by atoms with Gasteiger partial charge in [0, 0.05) is 6.04 Å². The Morgan fingerprint density at radius 3 is 2.88 bits per heavy atom. The molecule has 0 aromatic carbocycles. The van der Waals surface area contributed by atoms with Gasteiger partial charge in [-0.1, -0.05) is 0 Å². The van der Waals surface area contributed by atoms with E-state index in [9.17, 15) is 13.2 Å². The zero-order valence-corrected chi connectivity index (χ0v) is 9.25. The number of hydrogen-bond acceptors (Lipinski definition) is 5. The molecular formula is C8H12N4O3S. The van der Waals surface area contributed by atoms with Crippen LogP contribution in [0.2, 0.25) is 0 Å². The van der Waals surface area contributed by atoms with E-state index < -0.39 is 15.7 Å². The fourth-order valence-corrected chi connectivity index (χ4v) is 3.32. The van der Waals surface area contributed by atoms with Gasteiger partial charge in [-0.2, -0.15) is 5.10 Å². The smallest absolute Gasteiger partial charge is 0.271 e. The fourth-order valence-electron chi connectivity index (χ4n) is 1.64. The summed E-state index contributed by atoms with van der Waals surface area (Å²) in [6, 6.07) is -0.333. The van der Waals surface area contributed by atoms with E-state index in [0.29, 0.717) is 6.42 Å². The lowest BCUT2D eigenvalue weighted by Gasteiger charge is -2.09. The summed E-state index contributed by atoms with van der Waals surface area (Å²) < 4.78 is 22.4. The summed E-state index contributed by atoms with van der Waals surface area (Å²) >= 11 is 0. The van der Waals surface area contributed by atoms with Crippen molar-refractivity contribution in [3.63, 3.8) is 0 Å². The van der Waals surface area contributed by atoms with Crippen LogP contribution in [0.3, 0.4) is 0 Å². The van der Waals surface area contributed by atoms with Crippen LogP contribution in [0.1, 0.15) is 16.9 Å². The average Bonchev–Trinajstić information content (AvgIpc) is 2.72. The highest BCUT2D eigenvalue weighted by Crippen LogP contribution is 2.13. The molecule has 4 N–H and O–H groups in total. The van der Waals surface area contributed by atoms with Crippen LogP contribution in [0.4, 0.5) is 5.69 Å². The molecule has 1 aliphatic heterocycles. The number of rotatable bonds is 2. The molecule has 1 atom stereocenters. The first-order valence-corrected chi connectivity index (χ1v) is 6.60. The van der Waals surface area contributed by atoms with Gasteiger partial charge in [0.05, 0.1) is 23.4 Å². The van der Waals surface area contributed by atoms with Gasteiger partial charge in [0.2, 0.25) is 0 Å². The number of carbonyl (C=O) groups excluding carboxylic acids is 1. The summed E-state index contributed by atoms with van der Waals surface area (Å²) in [7, 11) is -2.99. The molecule has 1 amide bonds. The lowest BCUT2D eigenvalue weighted by atomic mass is 10.2. The van der Waals surface area contributed by atoms with Crippen molar-refractivity contribution in [2.75, 3.05) is 17.2 Å². The molecule has 88 valence electrons. The normalized spacial score (nSPS) is 23.1. The Balaban J connectivity index is 2.02. The number of anilines is 1. The van der Waals surface area contributed by atoms with Crippen molar-refractivity contribution >= 4 is 21.4 Å². The molecule has 0 saturated carbocycles. The van der Waals surface area contributed by atoms with Gasteiger partial charge >= 0.3 is 0 Å². The van der Waals surface area contributed by atoms with E-state index >= 15 is 0 Å². The Morgan fingerprint density at radius 2 is 2.38 bits per heavy atom. The first-order chi connectivity index (χ1) is 7.48. The Hall–Kier alpha value is -1.57. The van der Waals surface area contributed by atoms with Crippen molar-refractivity contribution < 1.29 is 13.2 Å². The predicted molar refractivity (Wildman–Crippen MR) is 57.5 cm³/mol. The van der Waals surface area contributed by atoms with Crippen molar-refractivity contribution in [2.45, 2.75) is 12.5 Å². The summed E-state index contributed by atoms with van der Waals surface area (Å²) in [5.74, 6) is -0.305. The van der Waals surface area contributed by atoms with Gasteiger partial charge in [-0.05, 0) is 6.42 Å². The summed E-state index contributed by atoms with van der Waals surface area (Å²) in [4.78, 5) is 11.6. The topological polar surface area (TPSA) is 118 Å². The first-order valence-electron chi connectivity index (χ1n) is 4.78. The number of sulfone groups is 1. The SMILES string of the molecule is Nc1cn[nH]c1C(=O)NC1CCS(=O)(=O)C1. The lowest BCUT2D eigenvalue weighted by Crippen LogP contribution is -2.36. The fraction of sp³-hybridized carbons (Fsp3) is 0.500. The van der Waals surface area contributed by atoms with Crippen molar-refractivity contribution in [1.29, 1.82) is 0 Å². The van der Waals surface area contributed by atoms with E-state index in [2.05, 4.69) is 15.5 Å². The quantitative estimate of drug-likeness (QED) is 0.611. The second kappa shape index (κ2) is 3.78. The zero-order valence-electron chi connectivity index (χ0n) is 8.43. The minimum atomic E-state index is -2.99. The highest BCUT2D eigenvalue weighted by atomic mass is 32.2. The molecule has 1 saturated heterocycles. The van der Waals surface area contributed by atoms with Crippen LogP contribution in [-0.4, -0.2) is 42.1 Å². The molecule has 2 rings (SSSR count). The number of nitrogens with one attached hydrogen (secondary N) is 2. The molecule has 0 bridgehead atoms. The van der Waals surface area contributed by atoms with E-state index in [4.69, 9.17) is 5.73 Å². The maximum atomic E-state index is 11.6. The molecule has 1 aromatic heterocycles. The maximum absolute atomic E-state index is 11.6. The van der Waals surface area contributed by atoms with Crippen molar-refractivity contribution in [3.05, 3.63) is 11.9 Å². The van der Waals surface area contributed by atoms with Crippen molar-refractivity contribution in [2.24, 2.45) is 0 Å². The van der Waals surface area contributed by atoms with Crippen LogP contribution in [0.25, 0.3) is 0 Å². The number of nitrogen functional groups attached to an aromatic ring is 1. The summed E-state index contributed by atoms with van der Waals surface area (Å²) in [5, 5.41) is 8.69.